The average molecular weight is 154 g/mol. The van der Waals surface area contributed by atoms with Gasteiger partial charge in [0.1, 0.15) is 0 Å². The maximum absolute atomic E-state index is 9.26. The molecule has 0 aromatic rings. The SMILES string of the molecule is O=S(O)S(=O)O.[Mg+2]. The Morgan fingerprint density at radius 2 is 1.14 bits per heavy atom. The van der Waals surface area contributed by atoms with Gasteiger partial charge >= 0.3 is 23.1 Å². The summed E-state index contributed by atoms with van der Waals surface area (Å²) in [5.74, 6) is 0. The Kier molecular flexibility index (Phi) is 7.97. The molecule has 38 valence electrons. The third-order valence-corrected chi connectivity index (χ3v) is 1.10. The third-order valence-electron chi connectivity index (χ3n) is 0.122. The zero-order valence-electron chi connectivity index (χ0n) is 3.23. The van der Waals surface area contributed by atoms with Gasteiger partial charge in [-0.05, 0) is 0 Å². The molecular formula is H2MgO4S2+2. The Labute approximate surface area is 60.8 Å². The summed E-state index contributed by atoms with van der Waals surface area (Å²) < 4.78 is 33.6. The van der Waals surface area contributed by atoms with E-state index < -0.39 is 20.2 Å². The molecule has 0 aromatic heterocycles. The molecule has 0 rings (SSSR count). The van der Waals surface area contributed by atoms with Crippen molar-refractivity contribution in [2.45, 2.75) is 0 Å². The molecule has 7 heavy (non-hydrogen) atoms. The average Bonchev–Trinajstić information content (AvgIpc) is 1.36. The standard InChI is InChI=1S/Mg.H2O4S2/c;1-5(2)6(3)4/h;(H,1,2)(H,3,4)/q+2;. The molecule has 2 N–H and O–H groups in total. The fraction of sp³-hybridized carbons (Fsp3) is 0. The minimum atomic E-state index is -2.59. The summed E-state index contributed by atoms with van der Waals surface area (Å²) >= 11 is 0. The fourth-order valence-corrected chi connectivity index (χ4v) is 0. The van der Waals surface area contributed by atoms with Crippen LogP contribution in [0.4, 0.5) is 0 Å². The fourth-order valence-electron chi connectivity index (χ4n) is 0. The van der Waals surface area contributed by atoms with E-state index >= 15 is 0 Å². The van der Waals surface area contributed by atoms with Gasteiger partial charge in [-0.2, -0.15) is 0 Å². The van der Waals surface area contributed by atoms with Crippen LogP contribution >= 0.6 is 0 Å². The molecule has 2 atom stereocenters. The molecule has 0 heterocycles. The molecule has 0 amide bonds. The molecule has 0 aliphatic carbocycles. The second kappa shape index (κ2) is 5.13. The van der Waals surface area contributed by atoms with E-state index in [1.165, 1.54) is 0 Å². The Hall–Kier alpha value is 0.986. The van der Waals surface area contributed by atoms with Crippen LogP contribution in [0.3, 0.4) is 0 Å². The molecule has 0 saturated heterocycles. The second-order valence-corrected chi connectivity index (χ2v) is 3.01. The Morgan fingerprint density at radius 1 is 1.00 bits per heavy atom. The topological polar surface area (TPSA) is 74.6 Å². The quantitative estimate of drug-likeness (QED) is 0.288. The first-order valence-electron chi connectivity index (χ1n) is 0.865. The molecule has 0 spiro atoms. The van der Waals surface area contributed by atoms with E-state index in [0.29, 0.717) is 0 Å². The minimum Gasteiger partial charge on any atom is -0.294 e. The predicted octanol–water partition coefficient (Wildman–Crippen LogP) is -1.04. The van der Waals surface area contributed by atoms with E-state index in [-0.39, 0.29) is 23.1 Å². The monoisotopic (exact) mass is 154 g/mol. The van der Waals surface area contributed by atoms with E-state index in [1.54, 1.807) is 0 Å². The summed E-state index contributed by atoms with van der Waals surface area (Å²) in [7, 11) is -5.18. The Bertz CT molecular complexity index is 75.7. The van der Waals surface area contributed by atoms with Gasteiger partial charge in [0, 0.05) is 0 Å². The largest absolute Gasteiger partial charge is 2.00 e. The van der Waals surface area contributed by atoms with Crippen LogP contribution in [-0.4, -0.2) is 40.6 Å². The van der Waals surface area contributed by atoms with E-state index in [2.05, 4.69) is 0 Å². The van der Waals surface area contributed by atoms with Crippen molar-refractivity contribution < 1.29 is 17.5 Å². The molecule has 0 bridgehead atoms. The van der Waals surface area contributed by atoms with Crippen LogP contribution in [0.1, 0.15) is 0 Å². The maximum atomic E-state index is 9.26. The molecule has 0 aliphatic heterocycles. The Balaban J connectivity index is 0. The molecule has 4 nitrogen and oxygen atoms in total. The van der Waals surface area contributed by atoms with Crippen molar-refractivity contribution in [1.82, 2.24) is 0 Å². The maximum Gasteiger partial charge on any atom is 2.00 e. The molecule has 7 heteroatoms. The summed E-state index contributed by atoms with van der Waals surface area (Å²) in [5, 5.41) is 0. The summed E-state index contributed by atoms with van der Waals surface area (Å²) in [5.41, 5.74) is 0. The van der Waals surface area contributed by atoms with E-state index in [0.717, 1.165) is 0 Å². The molecule has 0 saturated carbocycles. The normalized spacial score (nSPS) is 16.9. The van der Waals surface area contributed by atoms with Gasteiger partial charge < -0.3 is 0 Å². The van der Waals surface area contributed by atoms with Gasteiger partial charge in [0.25, 0.3) is 20.2 Å². The van der Waals surface area contributed by atoms with Crippen molar-refractivity contribution in [3.05, 3.63) is 0 Å². The number of hydrogen-bond acceptors (Lipinski definition) is 2. The van der Waals surface area contributed by atoms with Crippen LogP contribution in [0.25, 0.3) is 0 Å². The van der Waals surface area contributed by atoms with E-state index in [1.807, 2.05) is 0 Å². The predicted molar refractivity (Wildman–Crippen MR) is 27.3 cm³/mol. The smallest absolute Gasteiger partial charge is 0.294 e. The molecule has 0 radical (unpaired) electrons. The first-order valence-corrected chi connectivity index (χ1v) is 3.60. The molecule has 0 fully saturated rings. The summed E-state index contributed by atoms with van der Waals surface area (Å²) in [4.78, 5) is 0. The van der Waals surface area contributed by atoms with E-state index in [4.69, 9.17) is 9.11 Å². The first kappa shape index (κ1) is 10.9. The van der Waals surface area contributed by atoms with Gasteiger partial charge in [-0.15, -0.1) is 0 Å². The van der Waals surface area contributed by atoms with Gasteiger partial charge in [-0.25, -0.2) is 8.42 Å². The van der Waals surface area contributed by atoms with Crippen molar-refractivity contribution in [3.63, 3.8) is 0 Å². The van der Waals surface area contributed by atoms with Crippen molar-refractivity contribution >= 4 is 43.3 Å². The van der Waals surface area contributed by atoms with Gasteiger partial charge in [0.05, 0.1) is 0 Å². The van der Waals surface area contributed by atoms with Crippen LogP contribution in [-0.2, 0) is 20.2 Å². The summed E-state index contributed by atoms with van der Waals surface area (Å²) in [6.07, 6.45) is 0. The van der Waals surface area contributed by atoms with Crippen molar-refractivity contribution in [2.75, 3.05) is 0 Å². The number of rotatable bonds is 1. The van der Waals surface area contributed by atoms with Crippen molar-refractivity contribution in [2.24, 2.45) is 0 Å². The summed E-state index contributed by atoms with van der Waals surface area (Å²) in [6.45, 7) is 0. The zero-order chi connectivity index (χ0) is 5.15. The van der Waals surface area contributed by atoms with Crippen molar-refractivity contribution in [1.29, 1.82) is 0 Å². The van der Waals surface area contributed by atoms with Gasteiger partial charge in [0.15, 0.2) is 0 Å². The Morgan fingerprint density at radius 3 is 1.14 bits per heavy atom. The van der Waals surface area contributed by atoms with E-state index in [9.17, 15) is 8.42 Å². The van der Waals surface area contributed by atoms with Gasteiger partial charge in [0.2, 0.25) is 0 Å². The van der Waals surface area contributed by atoms with Crippen LogP contribution in [0.5, 0.6) is 0 Å². The van der Waals surface area contributed by atoms with Crippen molar-refractivity contribution in [3.8, 4) is 0 Å². The number of hydrogen-bond donors (Lipinski definition) is 2. The second-order valence-electron chi connectivity index (χ2n) is 0.434. The van der Waals surface area contributed by atoms with Gasteiger partial charge in [-0.1, -0.05) is 0 Å². The van der Waals surface area contributed by atoms with Crippen LogP contribution in [0, 0.1) is 0 Å². The molecular weight excluding hydrogens is 152 g/mol. The minimum absolute atomic E-state index is 0. The summed E-state index contributed by atoms with van der Waals surface area (Å²) in [6, 6.07) is 0. The van der Waals surface area contributed by atoms with Crippen LogP contribution in [0.15, 0.2) is 0 Å². The third kappa shape index (κ3) is 6.99. The molecule has 0 aromatic carbocycles. The zero-order valence-corrected chi connectivity index (χ0v) is 6.28. The molecule has 2 unspecified atom stereocenters. The molecule has 0 aliphatic rings. The van der Waals surface area contributed by atoms with Crippen LogP contribution < -0.4 is 0 Å². The van der Waals surface area contributed by atoms with Gasteiger partial charge in [-0.3, -0.25) is 9.11 Å². The van der Waals surface area contributed by atoms with Crippen LogP contribution in [0.2, 0.25) is 0 Å². The first-order chi connectivity index (χ1) is 2.64.